The summed E-state index contributed by atoms with van der Waals surface area (Å²) >= 11 is 0. The minimum atomic E-state index is -0.402. The highest BCUT2D eigenvalue weighted by molar-refractivity contribution is 6.31. The van der Waals surface area contributed by atoms with E-state index >= 15 is 0 Å². The predicted octanol–water partition coefficient (Wildman–Crippen LogP) is 3.89. The third kappa shape index (κ3) is 4.83. The Morgan fingerprint density at radius 1 is 1.10 bits per heavy atom. The molecule has 2 aromatic carbocycles. The zero-order chi connectivity index (χ0) is 20.1. The summed E-state index contributed by atoms with van der Waals surface area (Å²) in [4.78, 5) is 14.6. The van der Waals surface area contributed by atoms with Gasteiger partial charge in [0.25, 0.3) is 5.91 Å². The Bertz CT molecular complexity index is 889. The van der Waals surface area contributed by atoms with E-state index < -0.39 is 5.82 Å². The van der Waals surface area contributed by atoms with Crippen molar-refractivity contribution in [1.29, 1.82) is 0 Å². The highest BCUT2D eigenvalue weighted by atomic mass is 19.1. The Labute approximate surface area is 170 Å². The molecule has 0 bridgehead atoms. The van der Waals surface area contributed by atoms with Crippen LogP contribution in [0.25, 0.3) is 5.57 Å². The highest BCUT2D eigenvalue weighted by Gasteiger charge is 2.27. The SMILES string of the molecule is O=C1Nc2cccc(F)c2C1=CNc1ccc(CCCCN2CCOCC2)cc1. The van der Waals surface area contributed by atoms with Gasteiger partial charge in [-0.1, -0.05) is 18.2 Å². The number of carbonyl (C=O) groups is 1. The Kier molecular flexibility index (Phi) is 6.22. The van der Waals surface area contributed by atoms with Gasteiger partial charge in [0, 0.05) is 30.5 Å². The van der Waals surface area contributed by atoms with Gasteiger partial charge in [-0.2, -0.15) is 0 Å². The number of nitrogens with one attached hydrogen (secondary N) is 2. The first-order valence-electron chi connectivity index (χ1n) is 10.2. The van der Waals surface area contributed by atoms with Crippen LogP contribution in [0.4, 0.5) is 15.8 Å². The molecule has 0 aliphatic carbocycles. The monoisotopic (exact) mass is 395 g/mol. The molecule has 1 saturated heterocycles. The lowest BCUT2D eigenvalue weighted by atomic mass is 10.1. The average molecular weight is 395 g/mol. The van der Waals surface area contributed by atoms with Crippen molar-refractivity contribution in [2.75, 3.05) is 43.5 Å². The van der Waals surface area contributed by atoms with Crippen molar-refractivity contribution in [3.63, 3.8) is 0 Å². The molecule has 152 valence electrons. The fraction of sp³-hybridized carbons (Fsp3) is 0.348. The standard InChI is InChI=1S/C23H26FN3O2/c24-20-5-3-6-21-22(20)19(23(28)26-21)16-25-18-9-7-17(8-10-18)4-1-2-11-27-12-14-29-15-13-27/h3,5-10,16,25H,1-2,4,11-15H2,(H,26,28). The summed E-state index contributed by atoms with van der Waals surface area (Å²) in [5.74, 6) is -0.698. The van der Waals surface area contributed by atoms with Gasteiger partial charge >= 0.3 is 0 Å². The summed E-state index contributed by atoms with van der Waals surface area (Å²) in [5, 5.41) is 5.80. The molecule has 0 atom stereocenters. The molecule has 0 radical (unpaired) electrons. The van der Waals surface area contributed by atoms with E-state index in [0.29, 0.717) is 16.8 Å². The van der Waals surface area contributed by atoms with Gasteiger partial charge in [-0.25, -0.2) is 4.39 Å². The summed E-state index contributed by atoms with van der Waals surface area (Å²) in [5.41, 5.74) is 3.30. The topological polar surface area (TPSA) is 53.6 Å². The molecule has 2 aliphatic heterocycles. The molecular weight excluding hydrogens is 369 g/mol. The first-order valence-corrected chi connectivity index (χ1v) is 10.2. The predicted molar refractivity (Wildman–Crippen MR) is 113 cm³/mol. The van der Waals surface area contributed by atoms with Crippen molar-refractivity contribution in [1.82, 2.24) is 4.90 Å². The molecule has 4 rings (SSSR count). The lowest BCUT2D eigenvalue weighted by Crippen LogP contribution is -2.36. The van der Waals surface area contributed by atoms with Crippen LogP contribution in [-0.2, 0) is 16.0 Å². The van der Waals surface area contributed by atoms with E-state index in [0.717, 1.165) is 51.4 Å². The van der Waals surface area contributed by atoms with Crippen LogP contribution in [0.5, 0.6) is 0 Å². The molecule has 6 heteroatoms. The van der Waals surface area contributed by atoms with E-state index in [2.05, 4.69) is 27.7 Å². The number of hydrogen-bond donors (Lipinski definition) is 2. The van der Waals surface area contributed by atoms with E-state index in [-0.39, 0.29) is 5.91 Å². The number of morpholine rings is 1. The molecular formula is C23H26FN3O2. The Morgan fingerprint density at radius 3 is 2.69 bits per heavy atom. The smallest absolute Gasteiger partial charge is 0.257 e. The zero-order valence-corrected chi connectivity index (χ0v) is 16.4. The second-order valence-electron chi connectivity index (χ2n) is 7.43. The first kappa shape index (κ1) is 19.6. The van der Waals surface area contributed by atoms with E-state index in [4.69, 9.17) is 4.74 Å². The summed E-state index contributed by atoms with van der Waals surface area (Å²) in [7, 11) is 0. The number of unbranched alkanes of at least 4 members (excludes halogenated alkanes) is 1. The molecule has 2 N–H and O–H groups in total. The van der Waals surface area contributed by atoms with Crippen LogP contribution < -0.4 is 10.6 Å². The number of benzene rings is 2. The molecule has 2 heterocycles. The maximum atomic E-state index is 14.1. The van der Waals surface area contributed by atoms with E-state index in [1.807, 2.05) is 12.1 Å². The number of ether oxygens (including phenoxy) is 1. The molecule has 2 aliphatic rings. The van der Waals surface area contributed by atoms with Gasteiger partial charge < -0.3 is 15.4 Å². The van der Waals surface area contributed by atoms with Crippen LogP contribution in [0, 0.1) is 5.82 Å². The lowest BCUT2D eigenvalue weighted by molar-refractivity contribution is -0.110. The number of fused-ring (bicyclic) bond motifs is 1. The van der Waals surface area contributed by atoms with Gasteiger partial charge in [0.2, 0.25) is 0 Å². The average Bonchev–Trinajstić information content (AvgIpc) is 3.07. The van der Waals surface area contributed by atoms with Gasteiger partial charge in [0.15, 0.2) is 0 Å². The third-order valence-electron chi connectivity index (χ3n) is 5.41. The van der Waals surface area contributed by atoms with Crippen molar-refractivity contribution in [2.45, 2.75) is 19.3 Å². The largest absolute Gasteiger partial charge is 0.379 e. The molecule has 2 aromatic rings. The summed E-state index contributed by atoms with van der Waals surface area (Å²) in [6.45, 7) is 4.93. The van der Waals surface area contributed by atoms with E-state index in [1.54, 1.807) is 18.3 Å². The first-order chi connectivity index (χ1) is 14.2. The van der Waals surface area contributed by atoms with E-state index in [1.165, 1.54) is 18.1 Å². The van der Waals surface area contributed by atoms with Crippen molar-refractivity contribution in [3.8, 4) is 0 Å². The van der Waals surface area contributed by atoms with Crippen LogP contribution >= 0.6 is 0 Å². The maximum Gasteiger partial charge on any atom is 0.257 e. The van der Waals surface area contributed by atoms with Crippen LogP contribution in [0.1, 0.15) is 24.0 Å². The van der Waals surface area contributed by atoms with Crippen LogP contribution in [0.3, 0.4) is 0 Å². The fourth-order valence-corrected chi connectivity index (χ4v) is 3.76. The van der Waals surface area contributed by atoms with Crippen molar-refractivity contribution in [3.05, 3.63) is 65.6 Å². The van der Waals surface area contributed by atoms with Crippen molar-refractivity contribution >= 4 is 22.9 Å². The Balaban J connectivity index is 1.29. The number of carbonyl (C=O) groups excluding carboxylic acids is 1. The van der Waals surface area contributed by atoms with Gasteiger partial charge in [0.1, 0.15) is 5.82 Å². The molecule has 0 spiro atoms. The molecule has 29 heavy (non-hydrogen) atoms. The number of hydrogen-bond acceptors (Lipinski definition) is 4. The molecule has 0 saturated carbocycles. The minimum absolute atomic E-state index is 0.297. The third-order valence-corrected chi connectivity index (χ3v) is 5.41. The van der Waals surface area contributed by atoms with Crippen LogP contribution in [0.15, 0.2) is 48.7 Å². The number of amides is 1. The fourth-order valence-electron chi connectivity index (χ4n) is 3.76. The molecule has 0 aromatic heterocycles. The summed E-state index contributed by atoms with van der Waals surface area (Å²) in [6, 6.07) is 12.8. The number of halogens is 1. The minimum Gasteiger partial charge on any atom is -0.379 e. The lowest BCUT2D eigenvalue weighted by Gasteiger charge is -2.26. The normalized spacial score (nSPS) is 18.0. The van der Waals surface area contributed by atoms with Crippen LogP contribution in [0.2, 0.25) is 0 Å². The van der Waals surface area contributed by atoms with E-state index in [9.17, 15) is 9.18 Å². The van der Waals surface area contributed by atoms with Crippen molar-refractivity contribution < 1.29 is 13.9 Å². The molecule has 0 unspecified atom stereocenters. The molecule has 1 fully saturated rings. The van der Waals surface area contributed by atoms with Crippen molar-refractivity contribution in [2.24, 2.45) is 0 Å². The maximum absolute atomic E-state index is 14.1. The molecule has 5 nitrogen and oxygen atoms in total. The van der Waals surface area contributed by atoms with Gasteiger partial charge in [-0.3, -0.25) is 9.69 Å². The highest BCUT2D eigenvalue weighted by Crippen LogP contribution is 2.33. The number of nitrogens with zero attached hydrogens (tertiary/aromatic N) is 1. The summed E-state index contributed by atoms with van der Waals surface area (Å²) in [6.07, 6.45) is 4.96. The Hall–Kier alpha value is -2.70. The Morgan fingerprint density at radius 2 is 1.90 bits per heavy atom. The molecule has 1 amide bonds. The number of aryl methyl sites for hydroxylation is 1. The zero-order valence-electron chi connectivity index (χ0n) is 16.4. The van der Waals surface area contributed by atoms with Gasteiger partial charge in [-0.05, 0) is 55.6 Å². The van der Waals surface area contributed by atoms with Crippen LogP contribution in [-0.4, -0.2) is 43.7 Å². The van der Waals surface area contributed by atoms with Gasteiger partial charge in [0.05, 0.1) is 24.5 Å². The quantitative estimate of drug-likeness (QED) is 0.552. The summed E-state index contributed by atoms with van der Waals surface area (Å²) < 4.78 is 19.5. The number of anilines is 2. The number of rotatable bonds is 7. The second-order valence-corrected chi connectivity index (χ2v) is 7.43. The van der Waals surface area contributed by atoms with Gasteiger partial charge in [-0.15, -0.1) is 0 Å². The second kappa shape index (κ2) is 9.20.